The van der Waals surface area contributed by atoms with Crippen LogP contribution >= 0.6 is 0 Å². The van der Waals surface area contributed by atoms with Crippen LogP contribution in [-0.4, -0.2) is 9.13 Å². The number of benzene rings is 7. The van der Waals surface area contributed by atoms with E-state index in [-0.39, 0.29) is 0 Å². The first kappa shape index (κ1) is 29.4. The van der Waals surface area contributed by atoms with Crippen LogP contribution in [0, 0.1) is 0 Å². The highest BCUT2D eigenvalue weighted by Gasteiger charge is 2.27. The molecule has 0 saturated carbocycles. The Balaban J connectivity index is 1.04. The first-order valence-electron chi connectivity index (χ1n) is 18.5. The fraction of sp³-hybridized carbons (Fsp3) is 0.0800. The molecule has 2 heterocycles. The number of rotatable bonds is 4. The molecule has 52 heavy (non-hydrogen) atoms. The van der Waals surface area contributed by atoms with E-state index >= 15 is 0 Å². The molecule has 7 aromatic carbocycles. The zero-order valence-corrected chi connectivity index (χ0v) is 29.1. The van der Waals surface area contributed by atoms with Gasteiger partial charge in [-0.3, -0.25) is 0 Å². The average molecular weight is 665 g/mol. The van der Waals surface area contributed by atoms with Crippen molar-refractivity contribution in [3.8, 4) is 44.8 Å². The Morgan fingerprint density at radius 2 is 1.00 bits per heavy atom. The van der Waals surface area contributed by atoms with Gasteiger partial charge >= 0.3 is 0 Å². The van der Waals surface area contributed by atoms with Gasteiger partial charge in [0.05, 0.1) is 16.6 Å². The first-order valence-corrected chi connectivity index (χ1v) is 18.5. The van der Waals surface area contributed by atoms with Gasteiger partial charge in [-0.15, -0.1) is 0 Å². The summed E-state index contributed by atoms with van der Waals surface area (Å²) in [5.41, 5.74) is 19.7. The van der Waals surface area contributed by atoms with Crippen molar-refractivity contribution in [3.05, 3.63) is 186 Å². The molecule has 0 radical (unpaired) electrons. The van der Waals surface area contributed by atoms with Crippen LogP contribution in [-0.2, 0) is 6.42 Å². The topological polar surface area (TPSA) is 9.86 Å². The molecule has 246 valence electrons. The number of hydrogen-bond acceptors (Lipinski definition) is 0. The molecule has 9 aromatic rings. The molecule has 2 heteroatoms. The van der Waals surface area contributed by atoms with Gasteiger partial charge in [-0.1, -0.05) is 116 Å². The standard InChI is InChI=1S/C50H36N2/c1-32-13-10-24-49-50(32)45-30-34(26-28-48(45)52(49)36-16-6-3-7-17-36)38-20-12-22-40-39-21-11-19-37(42(39)31-43(38)40)33-25-27-47-44(29-33)41-18-8-9-23-46(41)51(47)35-14-4-2-5-15-35/h2-12,14-30,32H,13,31H2,1H3. The average Bonchev–Trinajstić information content (AvgIpc) is 3.86. The van der Waals surface area contributed by atoms with Crippen LogP contribution < -0.4 is 0 Å². The van der Waals surface area contributed by atoms with E-state index in [4.69, 9.17) is 0 Å². The van der Waals surface area contributed by atoms with Crippen LogP contribution in [0.2, 0.25) is 0 Å². The van der Waals surface area contributed by atoms with E-state index in [2.05, 4.69) is 186 Å². The van der Waals surface area contributed by atoms with E-state index in [0.29, 0.717) is 5.92 Å². The van der Waals surface area contributed by atoms with Crippen molar-refractivity contribution in [3.63, 3.8) is 0 Å². The van der Waals surface area contributed by atoms with Gasteiger partial charge in [0, 0.05) is 33.2 Å². The summed E-state index contributed by atoms with van der Waals surface area (Å²) in [6, 6.07) is 58.3. The first-order chi connectivity index (χ1) is 25.7. The number of allylic oxidation sites excluding steroid dienone is 1. The maximum Gasteiger partial charge on any atom is 0.0541 e. The SMILES string of the molecule is CC1CC=Cc2c1c1cc(-c3cccc4c3Cc3c(-c5ccc6c(c5)c5ccccc5n6-c5ccccc5)cccc3-4)ccc1n2-c1ccccc1. The molecule has 1 unspecified atom stereocenters. The summed E-state index contributed by atoms with van der Waals surface area (Å²) in [6.45, 7) is 2.37. The molecule has 0 bridgehead atoms. The summed E-state index contributed by atoms with van der Waals surface area (Å²) < 4.78 is 4.84. The van der Waals surface area contributed by atoms with Gasteiger partial charge in [-0.25, -0.2) is 0 Å². The highest BCUT2D eigenvalue weighted by Crippen LogP contribution is 2.47. The second kappa shape index (κ2) is 11.3. The molecule has 1 atom stereocenters. The lowest BCUT2D eigenvalue weighted by molar-refractivity contribution is 0.773. The van der Waals surface area contributed by atoms with Crippen molar-refractivity contribution in [1.82, 2.24) is 9.13 Å². The highest BCUT2D eigenvalue weighted by atomic mass is 15.0. The van der Waals surface area contributed by atoms with Gasteiger partial charge in [0.15, 0.2) is 0 Å². The normalized spacial score (nSPS) is 14.6. The fourth-order valence-corrected chi connectivity index (χ4v) is 9.31. The third-order valence-electron chi connectivity index (χ3n) is 11.6. The lowest BCUT2D eigenvalue weighted by atomic mass is 9.89. The molecule has 0 spiro atoms. The molecule has 2 nitrogen and oxygen atoms in total. The van der Waals surface area contributed by atoms with Gasteiger partial charge in [0.25, 0.3) is 0 Å². The lowest BCUT2D eigenvalue weighted by Crippen LogP contribution is -2.02. The van der Waals surface area contributed by atoms with Gasteiger partial charge in [0.1, 0.15) is 0 Å². The lowest BCUT2D eigenvalue weighted by Gasteiger charge is -2.16. The third-order valence-corrected chi connectivity index (χ3v) is 11.6. The Bertz CT molecular complexity index is 2900. The minimum Gasteiger partial charge on any atom is -0.310 e. The number of fused-ring (bicyclic) bond motifs is 9. The minimum absolute atomic E-state index is 0.468. The van der Waals surface area contributed by atoms with E-state index in [1.807, 2.05) is 0 Å². The van der Waals surface area contributed by atoms with Crippen LogP contribution in [0.4, 0.5) is 0 Å². The van der Waals surface area contributed by atoms with E-state index < -0.39 is 0 Å². The Kier molecular flexibility index (Phi) is 6.39. The van der Waals surface area contributed by atoms with E-state index in [1.165, 1.54) is 99.8 Å². The van der Waals surface area contributed by atoms with Crippen LogP contribution in [0.15, 0.2) is 164 Å². The van der Waals surface area contributed by atoms with E-state index in [0.717, 1.165) is 12.8 Å². The summed E-state index contributed by atoms with van der Waals surface area (Å²) >= 11 is 0. The van der Waals surface area contributed by atoms with Crippen molar-refractivity contribution in [1.29, 1.82) is 0 Å². The summed E-state index contributed by atoms with van der Waals surface area (Å²) in [6.07, 6.45) is 6.66. The summed E-state index contributed by atoms with van der Waals surface area (Å²) in [4.78, 5) is 0. The molecule has 2 aromatic heterocycles. The zero-order valence-electron chi connectivity index (χ0n) is 29.1. The summed E-state index contributed by atoms with van der Waals surface area (Å²) in [5, 5.41) is 3.93. The molecule has 11 rings (SSSR count). The van der Waals surface area contributed by atoms with Crippen LogP contribution in [0.25, 0.3) is 83.5 Å². The van der Waals surface area contributed by atoms with Crippen LogP contribution in [0.1, 0.15) is 41.6 Å². The second-order valence-corrected chi connectivity index (χ2v) is 14.5. The molecule has 0 aliphatic heterocycles. The maximum absolute atomic E-state index is 2.47. The molecular formula is C50H36N2. The summed E-state index contributed by atoms with van der Waals surface area (Å²) in [7, 11) is 0. The van der Waals surface area contributed by atoms with Gasteiger partial charge in [-0.05, 0) is 130 Å². The van der Waals surface area contributed by atoms with Crippen molar-refractivity contribution in [2.75, 3.05) is 0 Å². The predicted molar refractivity (Wildman–Crippen MR) is 219 cm³/mol. The zero-order chi connectivity index (χ0) is 34.3. The van der Waals surface area contributed by atoms with Gasteiger partial charge in [-0.2, -0.15) is 0 Å². The highest BCUT2D eigenvalue weighted by molar-refractivity contribution is 6.10. The number of nitrogens with zero attached hydrogens (tertiary/aromatic N) is 2. The second-order valence-electron chi connectivity index (χ2n) is 14.5. The largest absolute Gasteiger partial charge is 0.310 e. The van der Waals surface area contributed by atoms with E-state index in [1.54, 1.807) is 0 Å². The maximum atomic E-state index is 2.47. The Morgan fingerprint density at radius 1 is 0.462 bits per heavy atom. The number of aromatic nitrogens is 2. The molecule has 0 amide bonds. The van der Waals surface area contributed by atoms with E-state index in [9.17, 15) is 0 Å². The fourth-order valence-electron chi connectivity index (χ4n) is 9.31. The van der Waals surface area contributed by atoms with Crippen molar-refractivity contribution in [2.24, 2.45) is 0 Å². The molecular weight excluding hydrogens is 629 g/mol. The smallest absolute Gasteiger partial charge is 0.0541 e. The molecule has 0 saturated heterocycles. The Morgan fingerprint density at radius 3 is 1.67 bits per heavy atom. The summed E-state index contributed by atoms with van der Waals surface area (Å²) in [5.74, 6) is 0.468. The quantitative estimate of drug-likeness (QED) is 0.177. The minimum atomic E-state index is 0.468. The van der Waals surface area contributed by atoms with Crippen molar-refractivity contribution in [2.45, 2.75) is 25.7 Å². The predicted octanol–water partition coefficient (Wildman–Crippen LogP) is 13.2. The van der Waals surface area contributed by atoms with Gasteiger partial charge < -0.3 is 9.13 Å². The molecule has 0 fully saturated rings. The number of hydrogen-bond donors (Lipinski definition) is 0. The van der Waals surface area contributed by atoms with Crippen LogP contribution in [0.5, 0.6) is 0 Å². The Labute approximate surface area is 303 Å². The third kappa shape index (κ3) is 4.25. The molecule has 2 aliphatic rings. The van der Waals surface area contributed by atoms with Crippen molar-refractivity contribution < 1.29 is 0 Å². The monoisotopic (exact) mass is 664 g/mol. The number of para-hydroxylation sites is 3. The Hall–Kier alpha value is -6.38. The van der Waals surface area contributed by atoms with Gasteiger partial charge in [0.2, 0.25) is 0 Å². The molecule has 0 N–H and O–H groups in total. The van der Waals surface area contributed by atoms with Crippen molar-refractivity contribution >= 4 is 38.8 Å². The molecule has 2 aliphatic carbocycles. The van der Waals surface area contributed by atoms with Crippen LogP contribution in [0.3, 0.4) is 0 Å².